The summed E-state index contributed by atoms with van der Waals surface area (Å²) in [5, 5.41) is 2.91. The highest BCUT2D eigenvalue weighted by Gasteiger charge is 2.26. The Morgan fingerprint density at radius 1 is 0.912 bits per heavy atom. The van der Waals surface area contributed by atoms with E-state index in [9.17, 15) is 18.0 Å². The van der Waals surface area contributed by atoms with Crippen molar-refractivity contribution in [3.8, 4) is 11.4 Å². The number of hydrogen-bond donors (Lipinski definition) is 2. The van der Waals surface area contributed by atoms with Crippen molar-refractivity contribution in [1.29, 1.82) is 0 Å². The van der Waals surface area contributed by atoms with E-state index >= 15 is 0 Å². The number of sulfone groups is 1. The van der Waals surface area contributed by atoms with E-state index in [0.29, 0.717) is 17.1 Å². The summed E-state index contributed by atoms with van der Waals surface area (Å²) in [7, 11) is -3.88. The highest BCUT2D eigenvalue weighted by molar-refractivity contribution is 8.00. The maximum absolute atomic E-state index is 13.3. The molecular weight excluding hydrogens is 470 g/mol. The lowest BCUT2D eigenvalue weighted by atomic mass is 10.1. The summed E-state index contributed by atoms with van der Waals surface area (Å²) in [6.07, 6.45) is 0. The maximum atomic E-state index is 13.3. The second-order valence-electron chi connectivity index (χ2n) is 7.37. The number of carbonyl (C=O) groups is 2. The second-order valence-corrected chi connectivity index (χ2v) is 10.2. The van der Waals surface area contributed by atoms with E-state index in [1.54, 1.807) is 42.5 Å². The number of anilines is 1. The molecular formula is C25H21N3O4S2. The SMILES string of the molecule is CC(=O)c1ccc(NC(=O)CSc2nc(-c3ccccc3)[nH]c2S(=O)(=O)c2ccccc2)cc1. The molecule has 0 aliphatic rings. The molecule has 0 aliphatic carbocycles. The van der Waals surface area contributed by atoms with Crippen molar-refractivity contribution in [2.45, 2.75) is 21.9 Å². The summed E-state index contributed by atoms with van der Waals surface area (Å²) in [5.41, 5.74) is 1.82. The van der Waals surface area contributed by atoms with E-state index < -0.39 is 9.84 Å². The Balaban J connectivity index is 1.58. The highest BCUT2D eigenvalue weighted by Crippen LogP contribution is 2.32. The first-order valence-corrected chi connectivity index (χ1v) is 12.8. The number of imidazole rings is 1. The molecule has 172 valence electrons. The average Bonchev–Trinajstić information content (AvgIpc) is 3.29. The van der Waals surface area contributed by atoms with Gasteiger partial charge in [0, 0.05) is 16.8 Å². The molecule has 7 nitrogen and oxygen atoms in total. The van der Waals surface area contributed by atoms with Gasteiger partial charge in [-0.05, 0) is 43.3 Å². The van der Waals surface area contributed by atoms with E-state index in [1.165, 1.54) is 19.1 Å². The first-order valence-electron chi connectivity index (χ1n) is 10.3. The van der Waals surface area contributed by atoms with Crippen LogP contribution in [0.1, 0.15) is 17.3 Å². The summed E-state index contributed by atoms with van der Waals surface area (Å²) in [5.74, 6) is -0.0377. The molecule has 0 aliphatic heterocycles. The molecule has 0 saturated heterocycles. The Hall–Kier alpha value is -3.69. The van der Waals surface area contributed by atoms with Gasteiger partial charge >= 0.3 is 0 Å². The van der Waals surface area contributed by atoms with Crippen LogP contribution in [0.5, 0.6) is 0 Å². The van der Waals surface area contributed by atoms with Gasteiger partial charge in [-0.25, -0.2) is 13.4 Å². The van der Waals surface area contributed by atoms with Crippen molar-refractivity contribution in [2.24, 2.45) is 0 Å². The van der Waals surface area contributed by atoms with Crippen LogP contribution in [0.3, 0.4) is 0 Å². The molecule has 0 fully saturated rings. The number of aromatic nitrogens is 2. The lowest BCUT2D eigenvalue weighted by molar-refractivity contribution is -0.113. The number of thioether (sulfide) groups is 1. The van der Waals surface area contributed by atoms with Crippen molar-refractivity contribution in [3.05, 3.63) is 90.5 Å². The van der Waals surface area contributed by atoms with Gasteiger partial charge < -0.3 is 10.3 Å². The number of nitrogens with zero attached hydrogens (tertiary/aromatic N) is 1. The summed E-state index contributed by atoms with van der Waals surface area (Å²) < 4.78 is 26.6. The monoisotopic (exact) mass is 491 g/mol. The number of H-pyrrole nitrogens is 1. The van der Waals surface area contributed by atoms with Gasteiger partial charge in [-0.1, -0.05) is 60.3 Å². The molecule has 1 aromatic heterocycles. The number of amides is 1. The van der Waals surface area contributed by atoms with E-state index in [1.807, 2.05) is 30.3 Å². The van der Waals surface area contributed by atoms with E-state index in [4.69, 9.17) is 0 Å². The molecule has 0 saturated carbocycles. The summed E-state index contributed by atoms with van der Waals surface area (Å²) in [6, 6.07) is 23.8. The third kappa shape index (κ3) is 5.27. The van der Waals surface area contributed by atoms with E-state index in [0.717, 1.165) is 17.3 Å². The second kappa shape index (κ2) is 10.1. The zero-order valence-corrected chi connectivity index (χ0v) is 19.8. The number of Topliss-reactive ketones (excluding diaryl/α,β-unsaturated/α-hetero) is 1. The lowest BCUT2D eigenvalue weighted by Crippen LogP contribution is -2.14. The van der Waals surface area contributed by atoms with Crippen molar-refractivity contribution in [1.82, 2.24) is 9.97 Å². The fraction of sp³-hybridized carbons (Fsp3) is 0.0800. The maximum Gasteiger partial charge on any atom is 0.234 e. The minimum Gasteiger partial charge on any atom is -0.328 e. The molecule has 0 atom stereocenters. The molecule has 0 spiro atoms. The standard InChI is InChI=1S/C25H21N3O4S2/c1-17(29)18-12-14-20(15-13-18)26-22(30)16-33-24-25(34(31,32)21-10-6-3-7-11-21)28-23(27-24)19-8-4-2-5-9-19/h2-15H,16H2,1H3,(H,26,30)(H,27,28). The Bertz CT molecular complexity index is 1420. The Labute approximate surface area is 201 Å². The Morgan fingerprint density at radius 3 is 2.15 bits per heavy atom. The van der Waals surface area contributed by atoms with Crippen LogP contribution in [-0.4, -0.2) is 35.8 Å². The van der Waals surface area contributed by atoms with Crippen LogP contribution in [0.2, 0.25) is 0 Å². The quantitative estimate of drug-likeness (QED) is 0.270. The van der Waals surface area contributed by atoms with Crippen molar-refractivity contribution < 1.29 is 18.0 Å². The molecule has 0 radical (unpaired) electrons. The van der Waals surface area contributed by atoms with E-state index in [2.05, 4.69) is 15.3 Å². The first-order chi connectivity index (χ1) is 16.3. The van der Waals surface area contributed by atoms with Gasteiger partial charge in [0.1, 0.15) is 10.9 Å². The number of rotatable bonds is 8. The van der Waals surface area contributed by atoms with Crippen molar-refractivity contribution in [2.75, 3.05) is 11.1 Å². The highest BCUT2D eigenvalue weighted by atomic mass is 32.2. The van der Waals surface area contributed by atoms with Gasteiger partial charge in [-0.2, -0.15) is 0 Å². The molecule has 1 heterocycles. The summed E-state index contributed by atoms with van der Waals surface area (Å²) in [4.78, 5) is 31.5. The number of nitrogens with one attached hydrogen (secondary N) is 2. The number of benzene rings is 3. The van der Waals surface area contributed by atoms with Crippen LogP contribution in [-0.2, 0) is 14.6 Å². The van der Waals surface area contributed by atoms with Crippen LogP contribution in [0.15, 0.2) is 99.9 Å². The number of carbonyl (C=O) groups excluding carboxylic acids is 2. The molecule has 0 bridgehead atoms. The topological polar surface area (TPSA) is 109 Å². The van der Waals surface area contributed by atoms with Gasteiger partial charge in [0.2, 0.25) is 15.7 Å². The van der Waals surface area contributed by atoms with Gasteiger partial charge in [0.25, 0.3) is 0 Å². The zero-order valence-electron chi connectivity index (χ0n) is 18.2. The predicted molar refractivity (Wildman–Crippen MR) is 132 cm³/mol. The van der Waals surface area contributed by atoms with Crippen LogP contribution in [0, 0.1) is 0 Å². The first kappa shape index (κ1) is 23.5. The van der Waals surface area contributed by atoms with Gasteiger partial charge in [-0.3, -0.25) is 9.59 Å². The molecule has 3 aromatic carbocycles. The number of ketones is 1. The minimum atomic E-state index is -3.88. The fourth-order valence-corrected chi connectivity index (χ4v) is 5.63. The third-order valence-corrected chi connectivity index (χ3v) is 7.75. The Kier molecular flexibility index (Phi) is 6.95. The Morgan fingerprint density at radius 2 is 1.53 bits per heavy atom. The van der Waals surface area contributed by atoms with Crippen LogP contribution in [0.25, 0.3) is 11.4 Å². The molecule has 2 N–H and O–H groups in total. The molecule has 0 unspecified atom stereocenters. The molecule has 4 aromatic rings. The third-order valence-electron chi connectivity index (χ3n) is 4.92. The lowest BCUT2D eigenvalue weighted by Gasteiger charge is -2.07. The van der Waals surface area contributed by atoms with Gasteiger partial charge in [0.15, 0.2) is 10.8 Å². The zero-order chi connectivity index (χ0) is 24.1. The molecule has 4 rings (SSSR count). The molecule has 1 amide bonds. The number of hydrogen-bond acceptors (Lipinski definition) is 6. The van der Waals surface area contributed by atoms with Crippen molar-refractivity contribution in [3.63, 3.8) is 0 Å². The number of aromatic amines is 1. The predicted octanol–water partition coefficient (Wildman–Crippen LogP) is 4.84. The van der Waals surface area contributed by atoms with Gasteiger partial charge in [-0.15, -0.1) is 0 Å². The average molecular weight is 492 g/mol. The minimum absolute atomic E-state index is 0.0507. The van der Waals surface area contributed by atoms with Crippen LogP contribution in [0.4, 0.5) is 5.69 Å². The van der Waals surface area contributed by atoms with Crippen molar-refractivity contribution >= 4 is 39.0 Å². The summed E-state index contributed by atoms with van der Waals surface area (Å²) >= 11 is 1.03. The summed E-state index contributed by atoms with van der Waals surface area (Å²) in [6.45, 7) is 1.47. The smallest absolute Gasteiger partial charge is 0.234 e. The molecule has 34 heavy (non-hydrogen) atoms. The van der Waals surface area contributed by atoms with Crippen LogP contribution >= 0.6 is 11.8 Å². The van der Waals surface area contributed by atoms with Gasteiger partial charge in [0.05, 0.1) is 10.6 Å². The van der Waals surface area contributed by atoms with Crippen LogP contribution < -0.4 is 5.32 Å². The fourth-order valence-electron chi connectivity index (χ4n) is 3.19. The van der Waals surface area contributed by atoms with E-state index in [-0.39, 0.29) is 32.4 Å². The normalized spacial score (nSPS) is 11.2. The largest absolute Gasteiger partial charge is 0.328 e. The molecule has 9 heteroatoms.